The van der Waals surface area contributed by atoms with Gasteiger partial charge in [-0.1, -0.05) is 48.9 Å². The lowest BCUT2D eigenvalue weighted by Crippen LogP contribution is -2.28. The molecule has 0 radical (unpaired) electrons. The third-order valence-electron chi connectivity index (χ3n) is 3.65. The zero-order valence-corrected chi connectivity index (χ0v) is 13.8. The predicted octanol–water partition coefficient (Wildman–Crippen LogP) is 3.76. The smallest absolute Gasteiger partial charge is 0.251 e. The number of aryl methyl sites for hydroxylation is 1. The molecule has 0 saturated heterocycles. The largest absolute Gasteiger partial charge is 0.345 e. The quantitative estimate of drug-likeness (QED) is 0.882. The Morgan fingerprint density at radius 3 is 2.18 bits per heavy atom. The molecular formula is C18H23ClN2O. The number of benzene rings is 2. The Bertz CT molecular complexity index is 593. The van der Waals surface area contributed by atoms with Crippen LogP contribution in [0.25, 0.3) is 0 Å². The molecule has 0 aromatic heterocycles. The average Bonchev–Trinajstić information content (AvgIpc) is 2.53. The molecule has 1 atom stereocenters. The minimum Gasteiger partial charge on any atom is -0.345 e. The number of hydrogen-bond acceptors (Lipinski definition) is 2. The summed E-state index contributed by atoms with van der Waals surface area (Å²) >= 11 is 0. The number of halogens is 1. The van der Waals surface area contributed by atoms with Crippen molar-refractivity contribution in [2.75, 3.05) is 0 Å². The first-order valence-corrected chi connectivity index (χ1v) is 7.30. The van der Waals surface area contributed by atoms with Gasteiger partial charge in [-0.2, -0.15) is 0 Å². The van der Waals surface area contributed by atoms with Crippen molar-refractivity contribution in [3.05, 3.63) is 70.8 Å². The summed E-state index contributed by atoms with van der Waals surface area (Å²) in [5.41, 5.74) is 9.61. The summed E-state index contributed by atoms with van der Waals surface area (Å²) < 4.78 is 0. The second-order valence-corrected chi connectivity index (χ2v) is 5.25. The number of rotatable bonds is 5. The van der Waals surface area contributed by atoms with Gasteiger partial charge >= 0.3 is 0 Å². The van der Waals surface area contributed by atoms with Gasteiger partial charge in [-0.3, -0.25) is 4.79 Å². The average molecular weight is 319 g/mol. The first-order chi connectivity index (χ1) is 10.1. The molecule has 3 nitrogen and oxygen atoms in total. The van der Waals surface area contributed by atoms with Gasteiger partial charge in [0.1, 0.15) is 0 Å². The van der Waals surface area contributed by atoms with Gasteiger partial charge in [0.05, 0.1) is 6.04 Å². The van der Waals surface area contributed by atoms with Crippen LogP contribution in [0.3, 0.4) is 0 Å². The lowest BCUT2D eigenvalue weighted by atomic mass is 10.0. The van der Waals surface area contributed by atoms with Gasteiger partial charge in [-0.25, -0.2) is 0 Å². The number of nitrogens with one attached hydrogen (secondary N) is 1. The zero-order chi connectivity index (χ0) is 15.2. The fourth-order valence-corrected chi connectivity index (χ4v) is 2.25. The number of nitrogens with two attached hydrogens (primary N) is 1. The maximum absolute atomic E-state index is 12.3. The van der Waals surface area contributed by atoms with E-state index < -0.39 is 0 Å². The third kappa shape index (κ3) is 4.58. The van der Waals surface area contributed by atoms with Crippen molar-refractivity contribution in [3.8, 4) is 0 Å². The molecular weight excluding hydrogens is 296 g/mol. The van der Waals surface area contributed by atoms with Gasteiger partial charge in [-0.15, -0.1) is 12.4 Å². The predicted molar refractivity (Wildman–Crippen MR) is 93.3 cm³/mol. The van der Waals surface area contributed by atoms with E-state index in [0.717, 1.165) is 17.5 Å². The summed E-state index contributed by atoms with van der Waals surface area (Å²) in [6.45, 7) is 4.62. The molecule has 1 unspecified atom stereocenters. The van der Waals surface area contributed by atoms with E-state index >= 15 is 0 Å². The molecule has 118 valence electrons. The highest BCUT2D eigenvalue weighted by atomic mass is 35.5. The first-order valence-electron chi connectivity index (χ1n) is 7.30. The van der Waals surface area contributed by atoms with Crippen LogP contribution in [0.1, 0.15) is 46.4 Å². The van der Waals surface area contributed by atoms with Crippen LogP contribution in [0, 0.1) is 6.92 Å². The van der Waals surface area contributed by atoms with Gasteiger partial charge in [0, 0.05) is 12.1 Å². The Morgan fingerprint density at radius 2 is 1.68 bits per heavy atom. The Morgan fingerprint density at radius 1 is 1.09 bits per heavy atom. The highest BCUT2D eigenvalue weighted by Gasteiger charge is 2.13. The second-order valence-electron chi connectivity index (χ2n) is 5.25. The SMILES string of the molecule is CCC(NC(=O)c1ccc(CN)cc1)c1ccc(C)cc1.Cl. The van der Waals surface area contributed by atoms with Crippen molar-refractivity contribution in [3.63, 3.8) is 0 Å². The standard InChI is InChI=1S/C18H22N2O.ClH/c1-3-17(15-8-4-13(2)5-9-15)20-18(21)16-10-6-14(12-19)7-11-16;/h4-11,17H,3,12,19H2,1-2H3,(H,20,21);1H. The van der Waals surface area contributed by atoms with Crippen molar-refractivity contribution in [2.24, 2.45) is 5.73 Å². The monoisotopic (exact) mass is 318 g/mol. The van der Waals surface area contributed by atoms with Gasteiger partial charge in [0.25, 0.3) is 5.91 Å². The zero-order valence-electron chi connectivity index (χ0n) is 13.0. The molecule has 0 aliphatic rings. The summed E-state index contributed by atoms with van der Waals surface area (Å²) in [6, 6.07) is 15.7. The van der Waals surface area contributed by atoms with Gasteiger partial charge < -0.3 is 11.1 Å². The molecule has 0 heterocycles. The minimum absolute atomic E-state index is 0. The summed E-state index contributed by atoms with van der Waals surface area (Å²) in [7, 11) is 0. The van der Waals surface area contributed by atoms with E-state index in [9.17, 15) is 4.79 Å². The second kappa shape index (κ2) is 8.57. The Balaban J connectivity index is 0.00000242. The Hall–Kier alpha value is -1.84. The Labute approximate surface area is 138 Å². The van der Waals surface area contributed by atoms with Crippen molar-refractivity contribution in [1.29, 1.82) is 0 Å². The lowest BCUT2D eigenvalue weighted by Gasteiger charge is -2.18. The summed E-state index contributed by atoms with van der Waals surface area (Å²) in [4.78, 5) is 12.3. The van der Waals surface area contributed by atoms with Crippen molar-refractivity contribution in [1.82, 2.24) is 5.32 Å². The number of carbonyl (C=O) groups is 1. The fourth-order valence-electron chi connectivity index (χ4n) is 2.25. The van der Waals surface area contributed by atoms with Crippen molar-refractivity contribution < 1.29 is 4.79 Å². The van der Waals surface area contributed by atoms with Crippen molar-refractivity contribution in [2.45, 2.75) is 32.9 Å². The molecule has 0 bridgehead atoms. The molecule has 1 amide bonds. The molecule has 2 rings (SSSR count). The van der Waals surface area contributed by atoms with Crippen molar-refractivity contribution >= 4 is 18.3 Å². The molecule has 4 heteroatoms. The Kier molecular flexibility index (Phi) is 7.09. The van der Waals surface area contributed by atoms with Gasteiger partial charge in [0.15, 0.2) is 0 Å². The molecule has 0 spiro atoms. The topological polar surface area (TPSA) is 55.1 Å². The van der Waals surface area contributed by atoms with E-state index in [1.807, 2.05) is 24.3 Å². The molecule has 2 aromatic rings. The highest BCUT2D eigenvalue weighted by Crippen LogP contribution is 2.18. The maximum Gasteiger partial charge on any atom is 0.251 e. The summed E-state index contributed by atoms with van der Waals surface area (Å²) in [6.07, 6.45) is 0.857. The van der Waals surface area contributed by atoms with Crippen LogP contribution in [0.4, 0.5) is 0 Å². The fraction of sp³-hybridized carbons (Fsp3) is 0.278. The van der Waals surface area contributed by atoms with Crippen LogP contribution in [0.2, 0.25) is 0 Å². The van der Waals surface area contributed by atoms with Crippen LogP contribution >= 0.6 is 12.4 Å². The van der Waals surface area contributed by atoms with Crippen LogP contribution in [0.5, 0.6) is 0 Å². The summed E-state index contributed by atoms with van der Waals surface area (Å²) in [5.74, 6) is -0.0500. The maximum atomic E-state index is 12.3. The molecule has 0 saturated carbocycles. The molecule has 0 aliphatic carbocycles. The van der Waals surface area contributed by atoms with E-state index in [4.69, 9.17) is 5.73 Å². The normalized spacial score (nSPS) is 11.4. The van der Waals surface area contributed by atoms with Crippen LogP contribution in [-0.4, -0.2) is 5.91 Å². The van der Waals surface area contributed by atoms with Gasteiger partial charge in [0.2, 0.25) is 0 Å². The minimum atomic E-state index is -0.0500. The molecule has 0 aliphatic heterocycles. The number of hydrogen-bond donors (Lipinski definition) is 2. The van der Waals surface area contributed by atoms with Crippen LogP contribution < -0.4 is 11.1 Å². The molecule has 0 fully saturated rings. The van der Waals surface area contributed by atoms with E-state index in [1.54, 1.807) is 0 Å². The third-order valence-corrected chi connectivity index (χ3v) is 3.65. The van der Waals surface area contributed by atoms with E-state index in [1.165, 1.54) is 5.56 Å². The summed E-state index contributed by atoms with van der Waals surface area (Å²) in [5, 5.41) is 3.09. The van der Waals surface area contributed by atoms with Crippen LogP contribution in [-0.2, 0) is 6.54 Å². The lowest BCUT2D eigenvalue weighted by molar-refractivity contribution is 0.0935. The number of carbonyl (C=O) groups excluding carboxylic acids is 1. The van der Waals surface area contributed by atoms with Gasteiger partial charge in [-0.05, 0) is 36.6 Å². The van der Waals surface area contributed by atoms with E-state index in [-0.39, 0.29) is 24.4 Å². The molecule has 22 heavy (non-hydrogen) atoms. The van der Waals surface area contributed by atoms with E-state index in [0.29, 0.717) is 12.1 Å². The highest BCUT2D eigenvalue weighted by molar-refractivity contribution is 5.94. The van der Waals surface area contributed by atoms with Crippen LogP contribution in [0.15, 0.2) is 48.5 Å². The molecule has 2 aromatic carbocycles. The van der Waals surface area contributed by atoms with E-state index in [2.05, 4.69) is 43.4 Å². The first kappa shape index (κ1) is 18.2. The number of amides is 1. The molecule has 3 N–H and O–H groups in total.